The minimum Gasteiger partial charge on any atom is -0.314 e. The van der Waals surface area contributed by atoms with Crippen molar-refractivity contribution in [2.75, 3.05) is 25.6 Å². The first-order valence-electron chi connectivity index (χ1n) is 3.64. The van der Waals surface area contributed by atoms with Gasteiger partial charge >= 0.3 is 0 Å². The Kier molecular flexibility index (Phi) is 2.51. The van der Waals surface area contributed by atoms with Gasteiger partial charge in [0, 0.05) is 12.1 Å². The van der Waals surface area contributed by atoms with E-state index in [1.54, 1.807) is 14.1 Å². The number of hydrogen-bond acceptors (Lipinski definition) is 4. The number of nitrogens with one attached hydrogen (secondary N) is 2. The van der Waals surface area contributed by atoms with E-state index in [0.717, 1.165) is 0 Å². The Bertz CT molecular complexity index is 207. The molecule has 1 heterocycles. The monoisotopic (exact) mass is 178 g/mol. The first-order chi connectivity index (χ1) is 5.09. The molecular weight excluding hydrogens is 164 g/mol. The third kappa shape index (κ3) is 1.91. The van der Waals surface area contributed by atoms with Crippen LogP contribution < -0.4 is 10.6 Å². The van der Waals surface area contributed by atoms with E-state index in [4.69, 9.17) is 0 Å². The molecule has 0 radical (unpaired) electrons. The Morgan fingerprint density at radius 2 is 1.45 bits per heavy atom. The van der Waals surface area contributed by atoms with Gasteiger partial charge in [-0.1, -0.05) is 0 Å². The van der Waals surface area contributed by atoms with Gasteiger partial charge in [0.15, 0.2) is 9.84 Å². The summed E-state index contributed by atoms with van der Waals surface area (Å²) in [7, 11) is 0.781. The van der Waals surface area contributed by atoms with Crippen LogP contribution in [0.15, 0.2) is 0 Å². The molecule has 0 unspecified atom stereocenters. The van der Waals surface area contributed by atoms with Gasteiger partial charge < -0.3 is 10.6 Å². The summed E-state index contributed by atoms with van der Waals surface area (Å²) >= 11 is 0. The molecule has 1 rings (SSSR count). The molecule has 1 aliphatic rings. The summed E-state index contributed by atoms with van der Waals surface area (Å²) < 4.78 is 22.2. The van der Waals surface area contributed by atoms with Gasteiger partial charge in [0.25, 0.3) is 0 Å². The zero-order chi connectivity index (χ0) is 8.48. The van der Waals surface area contributed by atoms with Crippen LogP contribution >= 0.6 is 0 Å². The number of hydrogen-bond donors (Lipinski definition) is 2. The van der Waals surface area contributed by atoms with Crippen molar-refractivity contribution >= 4 is 9.84 Å². The summed E-state index contributed by atoms with van der Waals surface area (Å²) in [5.41, 5.74) is 0. The maximum Gasteiger partial charge on any atom is 0.153 e. The summed E-state index contributed by atoms with van der Waals surface area (Å²) in [6.07, 6.45) is 0. The van der Waals surface area contributed by atoms with Crippen LogP contribution in [-0.2, 0) is 9.84 Å². The molecule has 2 N–H and O–H groups in total. The Labute approximate surface area is 67.3 Å². The Morgan fingerprint density at radius 3 is 1.73 bits per heavy atom. The molecule has 4 nitrogen and oxygen atoms in total. The fourth-order valence-corrected chi connectivity index (χ4v) is 3.44. The fourth-order valence-electron chi connectivity index (χ4n) is 1.42. The van der Waals surface area contributed by atoms with Crippen LogP contribution in [0.3, 0.4) is 0 Å². The third-order valence-corrected chi connectivity index (χ3v) is 3.83. The molecule has 1 fully saturated rings. The molecule has 1 aliphatic heterocycles. The van der Waals surface area contributed by atoms with Crippen molar-refractivity contribution in [3.05, 3.63) is 0 Å². The predicted octanol–water partition coefficient (Wildman–Crippen LogP) is -1.41. The molecule has 0 bridgehead atoms. The zero-order valence-electron chi connectivity index (χ0n) is 6.79. The van der Waals surface area contributed by atoms with E-state index in [1.165, 1.54) is 0 Å². The zero-order valence-corrected chi connectivity index (χ0v) is 7.61. The largest absolute Gasteiger partial charge is 0.314 e. The van der Waals surface area contributed by atoms with E-state index in [0.29, 0.717) is 0 Å². The highest BCUT2D eigenvalue weighted by atomic mass is 32.2. The van der Waals surface area contributed by atoms with Gasteiger partial charge in [-0.3, -0.25) is 0 Å². The van der Waals surface area contributed by atoms with Crippen LogP contribution in [0, 0.1) is 0 Å². The molecule has 0 spiro atoms. The first kappa shape index (κ1) is 8.96. The van der Waals surface area contributed by atoms with Gasteiger partial charge in [0.05, 0.1) is 11.5 Å². The lowest BCUT2D eigenvalue weighted by atomic mass is 10.2. The lowest BCUT2D eigenvalue weighted by molar-refractivity contribution is 0.488. The van der Waals surface area contributed by atoms with Gasteiger partial charge in [-0.15, -0.1) is 0 Å². The summed E-state index contributed by atoms with van der Waals surface area (Å²) in [5, 5.41) is 5.96. The molecule has 0 aromatic heterocycles. The van der Waals surface area contributed by atoms with Crippen molar-refractivity contribution in [3.63, 3.8) is 0 Å². The molecule has 5 heteroatoms. The number of likely N-dealkylation sites (N-methyl/N-ethyl adjacent to an activating group) is 2. The fraction of sp³-hybridized carbons (Fsp3) is 1.00. The molecule has 2 atom stereocenters. The van der Waals surface area contributed by atoms with E-state index >= 15 is 0 Å². The SMILES string of the molecule is CN[C@@H]1CS(=O)(=O)C[C@H]1NC. The van der Waals surface area contributed by atoms with Crippen LogP contribution in [0.2, 0.25) is 0 Å². The van der Waals surface area contributed by atoms with Crippen molar-refractivity contribution in [3.8, 4) is 0 Å². The highest BCUT2D eigenvalue weighted by Gasteiger charge is 2.35. The first-order valence-corrected chi connectivity index (χ1v) is 5.46. The quantitative estimate of drug-likeness (QED) is 0.545. The standard InChI is InChI=1S/C6H14N2O2S/c1-7-5-3-11(9,10)4-6(5)8-2/h5-8H,3-4H2,1-2H3/t5-,6-/m1/s1. The summed E-state index contributed by atoms with van der Waals surface area (Å²) in [6, 6.07) is 0.148. The topological polar surface area (TPSA) is 58.2 Å². The summed E-state index contributed by atoms with van der Waals surface area (Å²) in [4.78, 5) is 0. The Hall–Kier alpha value is -0.130. The maximum atomic E-state index is 11.1. The smallest absolute Gasteiger partial charge is 0.153 e. The van der Waals surface area contributed by atoms with Crippen molar-refractivity contribution < 1.29 is 8.42 Å². The number of rotatable bonds is 2. The van der Waals surface area contributed by atoms with E-state index in [1.807, 2.05) is 0 Å². The van der Waals surface area contributed by atoms with E-state index in [9.17, 15) is 8.42 Å². The van der Waals surface area contributed by atoms with Crippen molar-refractivity contribution in [1.82, 2.24) is 10.6 Å². The maximum absolute atomic E-state index is 11.1. The van der Waals surface area contributed by atoms with Gasteiger partial charge in [0.2, 0.25) is 0 Å². The minimum atomic E-state index is -2.79. The second-order valence-corrected chi connectivity index (χ2v) is 5.02. The van der Waals surface area contributed by atoms with Gasteiger partial charge in [-0.25, -0.2) is 8.42 Å². The summed E-state index contributed by atoms with van der Waals surface area (Å²) in [6.45, 7) is 0. The van der Waals surface area contributed by atoms with Gasteiger partial charge in [-0.2, -0.15) is 0 Å². The third-order valence-electron chi connectivity index (χ3n) is 2.09. The number of sulfone groups is 1. The lowest BCUT2D eigenvalue weighted by Crippen LogP contribution is -2.43. The van der Waals surface area contributed by atoms with Crippen molar-refractivity contribution in [2.45, 2.75) is 12.1 Å². The second-order valence-electron chi connectivity index (χ2n) is 2.87. The molecule has 66 valence electrons. The van der Waals surface area contributed by atoms with Crippen LogP contribution in [0.25, 0.3) is 0 Å². The normalized spacial score (nSPS) is 35.8. The predicted molar refractivity (Wildman–Crippen MR) is 44.3 cm³/mol. The minimum absolute atomic E-state index is 0.0741. The Morgan fingerprint density at radius 1 is 1.09 bits per heavy atom. The van der Waals surface area contributed by atoms with Crippen molar-refractivity contribution in [2.24, 2.45) is 0 Å². The highest BCUT2D eigenvalue weighted by molar-refractivity contribution is 7.91. The highest BCUT2D eigenvalue weighted by Crippen LogP contribution is 2.11. The van der Waals surface area contributed by atoms with E-state index in [2.05, 4.69) is 10.6 Å². The molecule has 11 heavy (non-hydrogen) atoms. The average Bonchev–Trinajstić information content (AvgIpc) is 2.25. The molecule has 0 aromatic rings. The second kappa shape index (κ2) is 3.08. The molecule has 0 amide bonds. The van der Waals surface area contributed by atoms with Crippen LogP contribution in [0.5, 0.6) is 0 Å². The van der Waals surface area contributed by atoms with Crippen LogP contribution in [0.4, 0.5) is 0 Å². The van der Waals surface area contributed by atoms with Crippen molar-refractivity contribution in [1.29, 1.82) is 0 Å². The van der Waals surface area contributed by atoms with E-state index in [-0.39, 0.29) is 23.6 Å². The van der Waals surface area contributed by atoms with Gasteiger partial charge in [0.1, 0.15) is 0 Å². The lowest BCUT2D eigenvalue weighted by Gasteiger charge is -2.15. The molecule has 0 aromatic carbocycles. The Balaban J connectivity index is 2.70. The molecule has 0 aliphatic carbocycles. The van der Waals surface area contributed by atoms with E-state index < -0.39 is 9.84 Å². The molecule has 1 saturated heterocycles. The molecule has 0 saturated carbocycles. The van der Waals surface area contributed by atoms with Gasteiger partial charge in [-0.05, 0) is 14.1 Å². The average molecular weight is 178 g/mol. The molecular formula is C6H14N2O2S. The summed E-state index contributed by atoms with van der Waals surface area (Å²) in [5.74, 6) is 0.518. The van der Waals surface area contributed by atoms with Crippen LogP contribution in [-0.4, -0.2) is 46.1 Å². The van der Waals surface area contributed by atoms with Crippen LogP contribution in [0.1, 0.15) is 0 Å².